The lowest BCUT2D eigenvalue weighted by Gasteiger charge is -2.27. The maximum atomic E-state index is 12.0. The fourth-order valence-electron chi connectivity index (χ4n) is 3.10. The van der Waals surface area contributed by atoms with Crippen molar-refractivity contribution >= 4 is 5.91 Å². The van der Waals surface area contributed by atoms with Crippen molar-refractivity contribution in [3.8, 4) is 12.1 Å². The van der Waals surface area contributed by atoms with E-state index in [2.05, 4.69) is 22.0 Å². The summed E-state index contributed by atoms with van der Waals surface area (Å²) in [7, 11) is 0. The number of oxazole rings is 1. The molecule has 0 spiro atoms. The molecule has 2 atom stereocenters. The average molecular weight is 329 g/mol. The first-order valence-corrected chi connectivity index (χ1v) is 8.21. The summed E-state index contributed by atoms with van der Waals surface area (Å²) in [4.78, 5) is 20.2. The first-order valence-electron chi connectivity index (χ1n) is 8.21. The maximum absolute atomic E-state index is 12.0. The molecule has 7 heteroatoms. The summed E-state index contributed by atoms with van der Waals surface area (Å²) < 4.78 is 5.48. The molecule has 1 aliphatic rings. The van der Waals surface area contributed by atoms with Gasteiger partial charge in [0.1, 0.15) is 5.76 Å². The van der Waals surface area contributed by atoms with Gasteiger partial charge in [-0.05, 0) is 19.8 Å². The first-order chi connectivity index (χ1) is 11.5. The Hall–Kier alpha value is -2.38. The van der Waals surface area contributed by atoms with Gasteiger partial charge in [0.15, 0.2) is 0 Å². The number of aryl methyl sites for hydroxylation is 1. The van der Waals surface area contributed by atoms with Gasteiger partial charge in [-0.1, -0.05) is 0 Å². The van der Waals surface area contributed by atoms with Gasteiger partial charge < -0.3 is 9.32 Å². The molecule has 1 aromatic heterocycles. The van der Waals surface area contributed by atoms with Gasteiger partial charge in [0, 0.05) is 39.0 Å². The summed E-state index contributed by atoms with van der Waals surface area (Å²) in [6, 6.07) is 4.47. The van der Waals surface area contributed by atoms with Gasteiger partial charge in [-0.3, -0.25) is 9.69 Å². The van der Waals surface area contributed by atoms with Crippen LogP contribution in [0.25, 0.3) is 0 Å². The zero-order chi connectivity index (χ0) is 17.5. The molecule has 24 heavy (non-hydrogen) atoms. The highest BCUT2D eigenvalue weighted by atomic mass is 16.4. The highest BCUT2D eigenvalue weighted by molar-refractivity contribution is 5.73. The minimum Gasteiger partial charge on any atom is -0.444 e. The summed E-state index contributed by atoms with van der Waals surface area (Å²) in [5.74, 6) is 1.14. The number of carbonyl (C=O) groups excluding carboxylic acids is 1. The summed E-state index contributed by atoms with van der Waals surface area (Å²) in [6.45, 7) is 6.00. The summed E-state index contributed by atoms with van der Waals surface area (Å²) in [6.07, 6.45) is 3.52. The van der Waals surface area contributed by atoms with Crippen molar-refractivity contribution in [2.45, 2.75) is 45.7 Å². The van der Waals surface area contributed by atoms with Crippen LogP contribution in [0.3, 0.4) is 0 Å². The van der Waals surface area contributed by atoms with Crippen molar-refractivity contribution in [3.05, 3.63) is 17.8 Å². The molecule has 1 amide bonds. The number of nitriles is 2. The van der Waals surface area contributed by atoms with Crippen LogP contribution in [-0.4, -0.2) is 46.4 Å². The van der Waals surface area contributed by atoms with Gasteiger partial charge in [0.05, 0.1) is 30.8 Å². The minimum atomic E-state index is -0.136. The second kappa shape index (κ2) is 8.47. The van der Waals surface area contributed by atoms with E-state index < -0.39 is 0 Å². The quantitative estimate of drug-likeness (QED) is 0.757. The average Bonchev–Trinajstić information content (AvgIpc) is 3.17. The van der Waals surface area contributed by atoms with Crippen LogP contribution in [0, 0.1) is 35.5 Å². The van der Waals surface area contributed by atoms with E-state index in [1.54, 1.807) is 18.0 Å². The second-order valence-electron chi connectivity index (χ2n) is 6.24. The van der Waals surface area contributed by atoms with Crippen molar-refractivity contribution in [1.29, 1.82) is 10.5 Å². The van der Waals surface area contributed by atoms with E-state index in [9.17, 15) is 10.1 Å². The van der Waals surface area contributed by atoms with Crippen LogP contribution in [0.4, 0.5) is 0 Å². The third kappa shape index (κ3) is 4.81. The Morgan fingerprint density at radius 2 is 2.38 bits per heavy atom. The van der Waals surface area contributed by atoms with E-state index in [1.165, 1.54) is 0 Å². The highest BCUT2D eigenvalue weighted by Crippen LogP contribution is 2.20. The third-order valence-corrected chi connectivity index (χ3v) is 4.33. The number of likely N-dealkylation sites (tertiary alicyclic amines) is 1. The smallest absolute Gasteiger partial charge is 0.220 e. The van der Waals surface area contributed by atoms with E-state index in [0.717, 1.165) is 25.3 Å². The Kier molecular flexibility index (Phi) is 6.34. The normalized spacial score (nSPS) is 18.8. The standard InChI is InChI=1S/C17H23N5O2/c1-13-9-20-17(24-13)12-22(14(2)23)16-5-7-21(11-16)10-15(8-19)4-3-6-18/h9,15-16H,3-5,7,10-12H2,1-2H3/t15-,16+/m0/s1. The molecular weight excluding hydrogens is 306 g/mol. The monoisotopic (exact) mass is 329 g/mol. The predicted octanol–water partition coefficient (Wildman–Crippen LogP) is 1.85. The molecule has 0 N–H and O–H groups in total. The van der Waals surface area contributed by atoms with E-state index in [-0.39, 0.29) is 17.9 Å². The summed E-state index contributed by atoms with van der Waals surface area (Å²) >= 11 is 0. The first kappa shape index (κ1) is 18.0. The Labute approximate surface area is 142 Å². The zero-order valence-corrected chi connectivity index (χ0v) is 14.2. The van der Waals surface area contributed by atoms with E-state index in [1.807, 2.05) is 6.92 Å². The molecule has 0 aliphatic carbocycles. The van der Waals surface area contributed by atoms with Crippen LogP contribution in [0.2, 0.25) is 0 Å². The second-order valence-corrected chi connectivity index (χ2v) is 6.24. The van der Waals surface area contributed by atoms with Crippen molar-refractivity contribution in [2.75, 3.05) is 19.6 Å². The molecule has 128 valence electrons. The lowest BCUT2D eigenvalue weighted by atomic mass is 10.1. The lowest BCUT2D eigenvalue weighted by molar-refractivity contribution is -0.132. The van der Waals surface area contributed by atoms with Crippen molar-refractivity contribution in [2.24, 2.45) is 5.92 Å². The number of amides is 1. The van der Waals surface area contributed by atoms with Gasteiger partial charge in [-0.2, -0.15) is 10.5 Å². The van der Waals surface area contributed by atoms with Crippen molar-refractivity contribution in [1.82, 2.24) is 14.8 Å². The molecule has 1 aromatic rings. The number of hydrogen-bond acceptors (Lipinski definition) is 6. The maximum Gasteiger partial charge on any atom is 0.220 e. The van der Waals surface area contributed by atoms with Gasteiger partial charge >= 0.3 is 0 Å². The van der Waals surface area contributed by atoms with Crippen molar-refractivity contribution in [3.63, 3.8) is 0 Å². The Bertz CT molecular complexity index is 642. The zero-order valence-electron chi connectivity index (χ0n) is 14.2. The molecular formula is C17H23N5O2. The molecule has 2 rings (SSSR count). The molecule has 0 bridgehead atoms. The van der Waals surface area contributed by atoms with Gasteiger partial charge in [0.2, 0.25) is 11.8 Å². The summed E-state index contributed by atoms with van der Waals surface area (Å²) in [5, 5.41) is 17.9. The SMILES string of the molecule is CC(=O)N(Cc1ncc(C)o1)[C@@H]1CCN(C[C@H](C#N)CCC#N)C1. The number of aromatic nitrogens is 1. The number of rotatable bonds is 7. The number of carbonyl (C=O) groups is 1. The van der Waals surface area contributed by atoms with E-state index in [0.29, 0.717) is 31.8 Å². The fraction of sp³-hybridized carbons (Fsp3) is 0.647. The van der Waals surface area contributed by atoms with Gasteiger partial charge in [-0.15, -0.1) is 0 Å². The van der Waals surface area contributed by atoms with E-state index in [4.69, 9.17) is 9.68 Å². The Morgan fingerprint density at radius 1 is 1.58 bits per heavy atom. The van der Waals surface area contributed by atoms with Crippen LogP contribution in [0.15, 0.2) is 10.6 Å². The molecule has 1 saturated heterocycles. The topological polar surface area (TPSA) is 97.2 Å². The molecule has 0 saturated carbocycles. The minimum absolute atomic E-state index is 0.000910. The van der Waals surface area contributed by atoms with Crippen LogP contribution >= 0.6 is 0 Å². The molecule has 0 aromatic carbocycles. The molecule has 7 nitrogen and oxygen atoms in total. The van der Waals surface area contributed by atoms with Gasteiger partial charge in [0.25, 0.3) is 0 Å². The number of nitrogens with zero attached hydrogens (tertiary/aromatic N) is 5. The number of hydrogen-bond donors (Lipinski definition) is 0. The van der Waals surface area contributed by atoms with Crippen molar-refractivity contribution < 1.29 is 9.21 Å². The van der Waals surface area contributed by atoms with Crippen LogP contribution in [-0.2, 0) is 11.3 Å². The van der Waals surface area contributed by atoms with Gasteiger partial charge in [-0.25, -0.2) is 4.98 Å². The fourth-order valence-corrected chi connectivity index (χ4v) is 3.10. The molecule has 1 fully saturated rings. The molecule has 0 unspecified atom stereocenters. The predicted molar refractivity (Wildman–Crippen MR) is 86.3 cm³/mol. The van der Waals surface area contributed by atoms with Crippen LogP contribution < -0.4 is 0 Å². The molecule has 0 radical (unpaired) electrons. The Morgan fingerprint density at radius 3 is 2.96 bits per heavy atom. The third-order valence-electron chi connectivity index (χ3n) is 4.33. The van der Waals surface area contributed by atoms with Crippen LogP contribution in [0.5, 0.6) is 0 Å². The van der Waals surface area contributed by atoms with Crippen LogP contribution in [0.1, 0.15) is 37.8 Å². The van der Waals surface area contributed by atoms with E-state index >= 15 is 0 Å². The summed E-state index contributed by atoms with van der Waals surface area (Å²) in [5.41, 5.74) is 0. The highest BCUT2D eigenvalue weighted by Gasteiger charge is 2.31. The molecule has 1 aliphatic heterocycles. The lowest BCUT2D eigenvalue weighted by Crippen LogP contribution is -2.40. The Balaban J connectivity index is 1.92. The molecule has 2 heterocycles. The largest absolute Gasteiger partial charge is 0.444 e.